The van der Waals surface area contributed by atoms with E-state index in [1.54, 1.807) is 6.20 Å². The predicted octanol–water partition coefficient (Wildman–Crippen LogP) is 3.59. The maximum Gasteiger partial charge on any atom is 0.417 e. The van der Waals surface area contributed by atoms with Crippen LogP contribution in [0.1, 0.15) is 17.5 Å². The van der Waals surface area contributed by atoms with Crippen LogP contribution in [-0.2, 0) is 6.18 Å². The fraction of sp³-hybridized carbons (Fsp3) is 0.400. The lowest BCUT2D eigenvalue weighted by Crippen LogP contribution is -2.25. The number of nitrogens with two attached hydrogens (primary N) is 1. The number of hydrogen-bond donors (Lipinski definition) is 2. The Hall–Kier alpha value is -2.16. The Morgan fingerprint density at radius 1 is 1.31 bits per heavy atom. The van der Waals surface area contributed by atoms with E-state index in [1.807, 2.05) is 0 Å². The Labute approximate surface area is 171 Å². The average molecular weight is 424 g/mol. The Balaban J connectivity index is 1.77. The second-order valence-corrected chi connectivity index (χ2v) is 7.73. The number of nitrogens with one attached hydrogen (secondary N) is 1. The quantitative estimate of drug-likeness (QED) is 0.786. The SMILES string of the molecule is NC[C@@H]1CCN(c2nc(-c3ccc(Cl)c(C(F)(F)F)c3)ncc2C2=CCNC2)C1. The smallest absolute Gasteiger partial charge is 0.356 e. The summed E-state index contributed by atoms with van der Waals surface area (Å²) in [5, 5.41) is 2.92. The lowest BCUT2D eigenvalue weighted by atomic mass is 10.1. The van der Waals surface area contributed by atoms with Gasteiger partial charge < -0.3 is 16.0 Å². The van der Waals surface area contributed by atoms with E-state index < -0.39 is 11.7 Å². The van der Waals surface area contributed by atoms with Gasteiger partial charge in [-0.15, -0.1) is 0 Å². The minimum atomic E-state index is -4.54. The van der Waals surface area contributed by atoms with Crippen LogP contribution in [0, 0.1) is 5.92 Å². The summed E-state index contributed by atoms with van der Waals surface area (Å²) in [6.07, 6.45) is 0.210. The van der Waals surface area contributed by atoms with Gasteiger partial charge in [-0.3, -0.25) is 0 Å². The third-order valence-electron chi connectivity index (χ3n) is 5.37. The number of alkyl halides is 3. The van der Waals surface area contributed by atoms with Crippen LogP contribution in [0.15, 0.2) is 30.5 Å². The molecule has 1 fully saturated rings. The highest BCUT2D eigenvalue weighted by atomic mass is 35.5. The molecular formula is C20H21ClF3N5. The predicted molar refractivity (Wildman–Crippen MR) is 108 cm³/mol. The molecule has 0 saturated carbocycles. The molecule has 154 valence electrons. The number of benzene rings is 1. The summed E-state index contributed by atoms with van der Waals surface area (Å²) in [5.74, 6) is 1.36. The van der Waals surface area contributed by atoms with Crippen molar-refractivity contribution in [3.63, 3.8) is 0 Å². The molecule has 5 nitrogen and oxygen atoms in total. The third kappa shape index (κ3) is 4.10. The van der Waals surface area contributed by atoms with Gasteiger partial charge in [-0.05, 0) is 42.7 Å². The van der Waals surface area contributed by atoms with Crippen LogP contribution >= 0.6 is 11.6 Å². The van der Waals surface area contributed by atoms with Crippen LogP contribution in [0.4, 0.5) is 19.0 Å². The van der Waals surface area contributed by atoms with Crippen molar-refractivity contribution in [2.45, 2.75) is 12.6 Å². The van der Waals surface area contributed by atoms with Gasteiger partial charge in [-0.2, -0.15) is 13.2 Å². The minimum Gasteiger partial charge on any atom is -0.356 e. The van der Waals surface area contributed by atoms with Gasteiger partial charge in [-0.25, -0.2) is 9.97 Å². The monoisotopic (exact) mass is 423 g/mol. The molecule has 2 aromatic rings. The molecule has 2 aliphatic rings. The molecule has 0 aliphatic carbocycles. The van der Waals surface area contributed by atoms with Crippen LogP contribution in [-0.4, -0.2) is 42.7 Å². The van der Waals surface area contributed by atoms with Crippen LogP contribution in [0.25, 0.3) is 17.0 Å². The van der Waals surface area contributed by atoms with Crippen molar-refractivity contribution >= 4 is 23.0 Å². The summed E-state index contributed by atoms with van der Waals surface area (Å²) in [6, 6.07) is 3.75. The first-order chi connectivity index (χ1) is 13.9. The van der Waals surface area contributed by atoms with Crippen LogP contribution in [0.2, 0.25) is 5.02 Å². The minimum absolute atomic E-state index is 0.244. The van der Waals surface area contributed by atoms with Gasteiger partial charge >= 0.3 is 6.18 Å². The molecule has 0 radical (unpaired) electrons. The molecule has 0 amide bonds. The first-order valence-electron chi connectivity index (χ1n) is 9.46. The molecule has 0 spiro atoms. The zero-order chi connectivity index (χ0) is 20.6. The number of hydrogen-bond acceptors (Lipinski definition) is 5. The Kier molecular flexibility index (Phi) is 5.50. The van der Waals surface area contributed by atoms with Gasteiger partial charge in [0.2, 0.25) is 0 Å². The van der Waals surface area contributed by atoms with Crippen molar-refractivity contribution < 1.29 is 13.2 Å². The van der Waals surface area contributed by atoms with Gasteiger partial charge in [0.05, 0.1) is 10.6 Å². The van der Waals surface area contributed by atoms with E-state index in [0.717, 1.165) is 49.1 Å². The van der Waals surface area contributed by atoms with Gasteiger partial charge in [0.25, 0.3) is 0 Å². The summed E-state index contributed by atoms with van der Waals surface area (Å²) in [7, 11) is 0. The van der Waals surface area contributed by atoms with Crippen molar-refractivity contribution in [3.05, 3.63) is 46.6 Å². The molecule has 0 unspecified atom stereocenters. The maximum absolute atomic E-state index is 13.3. The van der Waals surface area contributed by atoms with Crippen LogP contribution in [0.5, 0.6) is 0 Å². The summed E-state index contributed by atoms with van der Waals surface area (Å²) in [6.45, 7) is 3.66. The standard InChI is InChI=1S/C20H21ClF3N5/c21-17-2-1-13(7-16(17)20(22,23)24)18-27-10-15(14-3-5-26-9-14)19(28-18)29-6-4-12(8-25)11-29/h1-3,7,10,12,26H,4-6,8-9,11,25H2/t12-/m0/s1. The van der Waals surface area contributed by atoms with Crippen molar-refractivity contribution in [2.75, 3.05) is 37.6 Å². The van der Waals surface area contributed by atoms with Crippen LogP contribution < -0.4 is 16.0 Å². The summed E-state index contributed by atoms with van der Waals surface area (Å²) < 4.78 is 39.8. The summed E-state index contributed by atoms with van der Waals surface area (Å²) >= 11 is 5.75. The van der Waals surface area contributed by atoms with E-state index in [9.17, 15) is 13.2 Å². The molecule has 29 heavy (non-hydrogen) atoms. The second-order valence-electron chi connectivity index (χ2n) is 7.32. The van der Waals surface area contributed by atoms with E-state index in [4.69, 9.17) is 17.3 Å². The number of rotatable bonds is 4. The average Bonchev–Trinajstić information content (AvgIpc) is 3.39. The van der Waals surface area contributed by atoms with Gasteiger partial charge in [-0.1, -0.05) is 17.7 Å². The molecule has 1 aromatic carbocycles. The van der Waals surface area contributed by atoms with E-state index in [1.165, 1.54) is 12.1 Å². The highest BCUT2D eigenvalue weighted by Gasteiger charge is 2.34. The van der Waals surface area contributed by atoms with E-state index >= 15 is 0 Å². The number of nitrogens with zero attached hydrogens (tertiary/aromatic N) is 3. The first kappa shape index (κ1) is 20.1. The zero-order valence-corrected chi connectivity index (χ0v) is 16.4. The van der Waals surface area contributed by atoms with Gasteiger partial charge in [0.15, 0.2) is 5.82 Å². The number of anilines is 1. The molecule has 1 aromatic heterocycles. The molecule has 9 heteroatoms. The van der Waals surface area contributed by atoms with Crippen molar-refractivity contribution in [3.8, 4) is 11.4 Å². The van der Waals surface area contributed by atoms with E-state index in [0.29, 0.717) is 19.0 Å². The third-order valence-corrected chi connectivity index (χ3v) is 5.70. The fourth-order valence-electron chi connectivity index (χ4n) is 3.76. The summed E-state index contributed by atoms with van der Waals surface area (Å²) in [4.78, 5) is 11.2. The first-order valence-corrected chi connectivity index (χ1v) is 9.84. The van der Waals surface area contributed by atoms with E-state index in [-0.39, 0.29) is 16.4 Å². The van der Waals surface area contributed by atoms with Crippen molar-refractivity contribution in [2.24, 2.45) is 11.7 Å². The zero-order valence-electron chi connectivity index (χ0n) is 15.6. The molecule has 2 aliphatic heterocycles. The van der Waals surface area contributed by atoms with Crippen molar-refractivity contribution in [1.82, 2.24) is 15.3 Å². The molecule has 3 heterocycles. The molecule has 3 N–H and O–H groups in total. The van der Waals surface area contributed by atoms with Gasteiger partial charge in [0, 0.05) is 43.5 Å². The molecule has 0 bridgehead atoms. The molecule has 1 atom stereocenters. The lowest BCUT2D eigenvalue weighted by molar-refractivity contribution is -0.137. The Bertz CT molecular complexity index is 944. The number of aromatic nitrogens is 2. The van der Waals surface area contributed by atoms with Crippen molar-refractivity contribution in [1.29, 1.82) is 0 Å². The topological polar surface area (TPSA) is 67.1 Å². The van der Waals surface area contributed by atoms with Gasteiger partial charge in [0.1, 0.15) is 5.82 Å². The molecule has 4 rings (SSSR count). The molecular weight excluding hydrogens is 403 g/mol. The molecule has 1 saturated heterocycles. The fourth-order valence-corrected chi connectivity index (χ4v) is 3.98. The largest absolute Gasteiger partial charge is 0.417 e. The lowest BCUT2D eigenvalue weighted by Gasteiger charge is -2.22. The van der Waals surface area contributed by atoms with E-state index in [2.05, 4.69) is 26.3 Å². The van der Waals surface area contributed by atoms with Crippen LogP contribution in [0.3, 0.4) is 0 Å². The summed E-state index contributed by atoms with van der Waals surface area (Å²) in [5.41, 5.74) is 7.21. The Morgan fingerprint density at radius 2 is 2.14 bits per heavy atom. The maximum atomic E-state index is 13.3. The highest BCUT2D eigenvalue weighted by molar-refractivity contribution is 6.31. The normalized spacial score (nSPS) is 19.7. The highest BCUT2D eigenvalue weighted by Crippen LogP contribution is 2.37. The second kappa shape index (κ2) is 7.93. The Morgan fingerprint density at radius 3 is 2.79 bits per heavy atom. The number of halogens is 4.